The SMILES string of the molecule is CS(=O)(=O)N(Cc1ccccc1)c1ccc(C(=O)NC2CCCC2)cc1. The molecule has 26 heavy (non-hydrogen) atoms. The van der Waals surface area contributed by atoms with E-state index in [9.17, 15) is 13.2 Å². The predicted octanol–water partition coefficient (Wildman–Crippen LogP) is 3.33. The molecule has 0 saturated heterocycles. The van der Waals surface area contributed by atoms with Gasteiger partial charge >= 0.3 is 0 Å². The number of benzene rings is 2. The molecule has 2 aromatic carbocycles. The molecule has 0 aromatic heterocycles. The van der Waals surface area contributed by atoms with Crippen LogP contribution in [-0.4, -0.2) is 26.6 Å². The zero-order valence-corrected chi connectivity index (χ0v) is 15.7. The van der Waals surface area contributed by atoms with Crippen molar-refractivity contribution in [2.45, 2.75) is 38.3 Å². The van der Waals surface area contributed by atoms with Crippen LogP contribution in [0, 0.1) is 0 Å². The number of nitrogens with zero attached hydrogens (tertiary/aromatic N) is 1. The highest BCUT2D eigenvalue weighted by molar-refractivity contribution is 7.92. The van der Waals surface area contributed by atoms with Crippen molar-refractivity contribution in [3.8, 4) is 0 Å². The lowest BCUT2D eigenvalue weighted by atomic mass is 10.1. The van der Waals surface area contributed by atoms with E-state index in [4.69, 9.17) is 0 Å². The van der Waals surface area contributed by atoms with Gasteiger partial charge in [0.05, 0.1) is 18.5 Å². The molecule has 1 amide bonds. The fraction of sp³-hybridized carbons (Fsp3) is 0.350. The lowest BCUT2D eigenvalue weighted by Gasteiger charge is -2.23. The molecule has 0 atom stereocenters. The minimum Gasteiger partial charge on any atom is -0.349 e. The van der Waals surface area contributed by atoms with Crippen molar-refractivity contribution < 1.29 is 13.2 Å². The van der Waals surface area contributed by atoms with E-state index in [1.807, 2.05) is 30.3 Å². The summed E-state index contributed by atoms with van der Waals surface area (Å²) >= 11 is 0. The van der Waals surface area contributed by atoms with Gasteiger partial charge in [-0.05, 0) is 42.7 Å². The summed E-state index contributed by atoms with van der Waals surface area (Å²) in [7, 11) is -3.44. The van der Waals surface area contributed by atoms with E-state index in [1.165, 1.54) is 10.6 Å². The van der Waals surface area contributed by atoms with E-state index < -0.39 is 10.0 Å². The largest absolute Gasteiger partial charge is 0.349 e. The van der Waals surface area contributed by atoms with Gasteiger partial charge in [-0.25, -0.2) is 8.42 Å². The molecule has 5 nitrogen and oxygen atoms in total. The minimum absolute atomic E-state index is 0.0996. The van der Waals surface area contributed by atoms with Crippen LogP contribution in [-0.2, 0) is 16.6 Å². The summed E-state index contributed by atoms with van der Waals surface area (Å²) in [6, 6.07) is 16.4. The van der Waals surface area contributed by atoms with Gasteiger partial charge in [-0.3, -0.25) is 9.10 Å². The third kappa shape index (κ3) is 4.64. The van der Waals surface area contributed by atoms with Crippen molar-refractivity contribution in [2.75, 3.05) is 10.6 Å². The molecule has 0 aliphatic heterocycles. The molecular formula is C20H24N2O3S. The number of anilines is 1. The van der Waals surface area contributed by atoms with Gasteiger partial charge in [-0.2, -0.15) is 0 Å². The molecule has 2 aromatic rings. The number of hydrogen-bond donors (Lipinski definition) is 1. The molecule has 1 aliphatic rings. The number of carbonyl (C=O) groups is 1. The van der Waals surface area contributed by atoms with Crippen LogP contribution in [0.1, 0.15) is 41.6 Å². The summed E-state index contributed by atoms with van der Waals surface area (Å²) in [6.07, 6.45) is 5.57. The molecule has 3 rings (SSSR count). The van der Waals surface area contributed by atoms with Crippen molar-refractivity contribution in [3.05, 3.63) is 65.7 Å². The molecule has 0 spiro atoms. The standard InChI is InChI=1S/C20H24N2O3S/c1-26(24,25)22(15-16-7-3-2-4-8-16)19-13-11-17(12-14-19)20(23)21-18-9-5-6-10-18/h2-4,7-8,11-14,18H,5-6,9-10,15H2,1H3,(H,21,23). The fourth-order valence-electron chi connectivity index (χ4n) is 3.27. The number of amides is 1. The number of rotatable bonds is 6. The minimum atomic E-state index is -3.44. The van der Waals surface area contributed by atoms with E-state index in [-0.39, 0.29) is 18.5 Å². The van der Waals surface area contributed by atoms with Crippen LogP contribution in [0.5, 0.6) is 0 Å². The Bertz CT molecular complexity index is 842. The second-order valence-corrected chi connectivity index (χ2v) is 8.66. The Morgan fingerprint density at radius 2 is 1.65 bits per heavy atom. The van der Waals surface area contributed by atoms with E-state index in [0.717, 1.165) is 31.2 Å². The Hall–Kier alpha value is -2.34. The van der Waals surface area contributed by atoms with Crippen LogP contribution in [0.15, 0.2) is 54.6 Å². The Morgan fingerprint density at radius 3 is 2.23 bits per heavy atom. The molecule has 0 heterocycles. The molecule has 1 aliphatic carbocycles. The smallest absolute Gasteiger partial charge is 0.251 e. The van der Waals surface area contributed by atoms with Crippen molar-refractivity contribution in [2.24, 2.45) is 0 Å². The van der Waals surface area contributed by atoms with Crippen molar-refractivity contribution in [1.29, 1.82) is 0 Å². The van der Waals surface area contributed by atoms with Gasteiger partial charge in [-0.1, -0.05) is 43.2 Å². The summed E-state index contributed by atoms with van der Waals surface area (Å²) in [5, 5.41) is 3.04. The summed E-state index contributed by atoms with van der Waals surface area (Å²) in [5.41, 5.74) is 2.00. The average molecular weight is 372 g/mol. The van der Waals surface area contributed by atoms with Crippen LogP contribution >= 0.6 is 0 Å². The van der Waals surface area contributed by atoms with Crippen molar-refractivity contribution in [1.82, 2.24) is 5.32 Å². The maximum absolute atomic E-state index is 12.3. The van der Waals surface area contributed by atoms with Crippen LogP contribution in [0.2, 0.25) is 0 Å². The summed E-state index contributed by atoms with van der Waals surface area (Å²) in [4.78, 5) is 12.3. The van der Waals surface area contributed by atoms with E-state index in [1.54, 1.807) is 24.3 Å². The fourth-order valence-corrected chi connectivity index (χ4v) is 4.16. The molecule has 0 bridgehead atoms. The van der Waals surface area contributed by atoms with Gasteiger partial charge in [0.15, 0.2) is 0 Å². The number of carbonyl (C=O) groups excluding carboxylic acids is 1. The van der Waals surface area contributed by atoms with E-state index >= 15 is 0 Å². The number of hydrogen-bond acceptors (Lipinski definition) is 3. The molecule has 1 N–H and O–H groups in total. The van der Waals surface area contributed by atoms with Crippen molar-refractivity contribution in [3.63, 3.8) is 0 Å². The van der Waals surface area contributed by atoms with Gasteiger partial charge in [0.2, 0.25) is 10.0 Å². The van der Waals surface area contributed by atoms with Gasteiger partial charge in [0, 0.05) is 11.6 Å². The molecule has 0 unspecified atom stereocenters. The first-order chi connectivity index (χ1) is 12.4. The Kier molecular flexibility index (Phi) is 5.61. The molecule has 138 valence electrons. The quantitative estimate of drug-likeness (QED) is 0.846. The molecule has 1 fully saturated rings. The zero-order chi connectivity index (χ0) is 18.6. The lowest BCUT2D eigenvalue weighted by Crippen LogP contribution is -2.32. The molecule has 0 radical (unpaired) electrons. The van der Waals surface area contributed by atoms with Crippen LogP contribution in [0.3, 0.4) is 0 Å². The Morgan fingerprint density at radius 1 is 1.04 bits per heavy atom. The molecular weight excluding hydrogens is 348 g/mol. The Labute approximate surface area is 155 Å². The predicted molar refractivity (Wildman–Crippen MR) is 104 cm³/mol. The van der Waals surface area contributed by atoms with Crippen molar-refractivity contribution >= 4 is 21.6 Å². The van der Waals surface area contributed by atoms with Crippen LogP contribution < -0.4 is 9.62 Å². The highest BCUT2D eigenvalue weighted by Crippen LogP contribution is 2.22. The third-order valence-corrected chi connectivity index (χ3v) is 5.82. The highest BCUT2D eigenvalue weighted by Gasteiger charge is 2.20. The van der Waals surface area contributed by atoms with E-state index in [0.29, 0.717) is 11.3 Å². The second kappa shape index (κ2) is 7.91. The molecule has 6 heteroatoms. The highest BCUT2D eigenvalue weighted by atomic mass is 32.2. The van der Waals surface area contributed by atoms with Gasteiger partial charge in [0.1, 0.15) is 0 Å². The summed E-state index contributed by atoms with van der Waals surface area (Å²) in [5.74, 6) is -0.0996. The molecule has 1 saturated carbocycles. The number of sulfonamides is 1. The first kappa shape index (κ1) is 18.5. The summed E-state index contributed by atoms with van der Waals surface area (Å²) < 4.78 is 25.8. The number of nitrogens with one attached hydrogen (secondary N) is 1. The Balaban J connectivity index is 1.76. The third-order valence-electron chi connectivity index (χ3n) is 4.68. The lowest BCUT2D eigenvalue weighted by molar-refractivity contribution is 0.0938. The normalized spacial score (nSPS) is 15.0. The second-order valence-electron chi connectivity index (χ2n) is 6.76. The van der Waals surface area contributed by atoms with Crippen LogP contribution in [0.4, 0.5) is 5.69 Å². The van der Waals surface area contributed by atoms with Crippen LogP contribution in [0.25, 0.3) is 0 Å². The maximum atomic E-state index is 12.3. The van der Waals surface area contributed by atoms with Gasteiger partial charge < -0.3 is 5.32 Å². The first-order valence-electron chi connectivity index (χ1n) is 8.86. The summed E-state index contributed by atoms with van der Waals surface area (Å²) in [6.45, 7) is 0.257. The zero-order valence-electron chi connectivity index (χ0n) is 14.9. The van der Waals surface area contributed by atoms with Gasteiger partial charge in [0.25, 0.3) is 5.91 Å². The monoisotopic (exact) mass is 372 g/mol. The average Bonchev–Trinajstić information content (AvgIpc) is 3.13. The first-order valence-corrected chi connectivity index (χ1v) is 10.7. The van der Waals surface area contributed by atoms with Gasteiger partial charge in [-0.15, -0.1) is 0 Å². The topological polar surface area (TPSA) is 66.5 Å². The van der Waals surface area contributed by atoms with E-state index in [2.05, 4.69) is 5.32 Å². The maximum Gasteiger partial charge on any atom is 0.251 e.